The molecule has 4 atom stereocenters. The summed E-state index contributed by atoms with van der Waals surface area (Å²) in [6, 6.07) is 0. The molecule has 55 heavy (non-hydrogen) atoms. The van der Waals surface area contributed by atoms with Crippen molar-refractivity contribution >= 4 is 29.9 Å². The monoisotopic (exact) mass is 778 g/mol. The minimum absolute atomic E-state index is 0.0479. The van der Waals surface area contributed by atoms with E-state index in [-0.39, 0.29) is 61.5 Å². The summed E-state index contributed by atoms with van der Waals surface area (Å²) in [5.74, 6) is 1.86. The van der Waals surface area contributed by atoms with Crippen LogP contribution in [0, 0.1) is 23.7 Å². The normalized spacial score (nSPS) is 19.3. The van der Waals surface area contributed by atoms with Crippen LogP contribution in [0.1, 0.15) is 175 Å². The van der Waals surface area contributed by atoms with Crippen molar-refractivity contribution in [3.8, 4) is 0 Å². The van der Waals surface area contributed by atoms with Crippen LogP contribution in [0.3, 0.4) is 0 Å². The fourth-order valence-corrected chi connectivity index (χ4v) is 8.19. The first kappa shape index (κ1) is 48.1. The molecule has 2 aliphatic carbocycles. The molecular weight excluding hydrogens is 699 g/mol. The topological polar surface area (TPSA) is 164 Å². The molecular formula is C43H79N5O7. The van der Waals surface area contributed by atoms with Gasteiger partial charge in [-0.15, -0.1) is 0 Å². The summed E-state index contributed by atoms with van der Waals surface area (Å²) in [6.45, 7) is 11.2. The number of ether oxygens (including phenoxy) is 2. The summed E-state index contributed by atoms with van der Waals surface area (Å²) in [5, 5.41) is 14.2. The van der Waals surface area contributed by atoms with E-state index in [1.165, 1.54) is 25.7 Å². The molecule has 0 aromatic carbocycles. The Kier molecular flexibility index (Phi) is 26.4. The second kappa shape index (κ2) is 30.1. The second-order valence-corrected chi connectivity index (χ2v) is 16.1. The van der Waals surface area contributed by atoms with Gasteiger partial charge in [0.05, 0.1) is 6.54 Å². The van der Waals surface area contributed by atoms with E-state index in [1.807, 2.05) is 0 Å². The molecule has 2 fully saturated rings. The molecule has 0 spiro atoms. The molecule has 5 N–H and O–H groups in total. The maximum absolute atomic E-state index is 12.3. The molecule has 0 aliphatic heterocycles. The van der Waals surface area contributed by atoms with E-state index in [2.05, 4.69) is 54.3 Å². The molecule has 2 unspecified atom stereocenters. The molecule has 0 bridgehead atoms. The predicted molar refractivity (Wildman–Crippen MR) is 218 cm³/mol. The van der Waals surface area contributed by atoms with Crippen molar-refractivity contribution in [1.29, 1.82) is 0 Å². The van der Waals surface area contributed by atoms with Gasteiger partial charge >= 0.3 is 12.2 Å². The van der Waals surface area contributed by atoms with Crippen molar-refractivity contribution in [2.24, 2.45) is 23.7 Å². The van der Waals surface area contributed by atoms with E-state index in [0.29, 0.717) is 56.3 Å². The molecule has 318 valence electrons. The number of amides is 5. The molecule has 12 heteroatoms. The van der Waals surface area contributed by atoms with E-state index in [1.54, 1.807) is 0 Å². The number of nitrogens with one attached hydrogen (secondary N) is 5. The fourth-order valence-electron chi connectivity index (χ4n) is 8.19. The van der Waals surface area contributed by atoms with Crippen LogP contribution in [0.25, 0.3) is 0 Å². The lowest BCUT2D eigenvalue weighted by Crippen LogP contribution is -2.37. The quantitative estimate of drug-likeness (QED) is 0.0461. The average molecular weight is 778 g/mol. The van der Waals surface area contributed by atoms with Crippen molar-refractivity contribution in [2.75, 3.05) is 32.7 Å². The number of hydrogen-bond donors (Lipinski definition) is 5. The molecule has 12 nitrogen and oxygen atoms in total. The van der Waals surface area contributed by atoms with Crippen LogP contribution in [0.4, 0.5) is 9.59 Å². The first-order valence-corrected chi connectivity index (χ1v) is 22.4. The van der Waals surface area contributed by atoms with Gasteiger partial charge in [0.25, 0.3) is 0 Å². The van der Waals surface area contributed by atoms with Crippen molar-refractivity contribution in [3.05, 3.63) is 0 Å². The SMILES string of the molecule is CCC(CC)CC1CCC[C@H]1OC(=O)NCCCCCCNC(=O)CCCC(=O)NCC(=O)NCCCCCCNC(=O)O[C@@H]1CCCC1CC(CC)CC. The van der Waals surface area contributed by atoms with E-state index < -0.39 is 0 Å². The number of hydrogen-bond acceptors (Lipinski definition) is 7. The third-order valence-corrected chi connectivity index (χ3v) is 11.9. The van der Waals surface area contributed by atoms with Crippen molar-refractivity contribution in [2.45, 2.75) is 188 Å². The standard InChI is InChI=1S/C43H79N5O7/c1-5-33(6-2)30-35-20-17-22-37(35)54-42(52)46-28-15-11-9-13-26-44-39(49)24-19-25-40(50)48-32-41(51)45-27-14-10-12-16-29-47-43(53)55-38-23-18-21-36(38)31-34(7-3)8-4/h33-38H,5-32H2,1-4H3,(H,44,49)(H,45,51)(H,46,52)(H,47,53)(H,48,50)/t35?,36?,37-,38-/m1/s1. The van der Waals surface area contributed by atoms with Crippen molar-refractivity contribution in [1.82, 2.24) is 26.6 Å². The number of alkyl carbamates (subject to hydrolysis) is 2. The summed E-state index contributed by atoms with van der Waals surface area (Å²) in [7, 11) is 0. The van der Waals surface area contributed by atoms with E-state index in [4.69, 9.17) is 9.47 Å². The van der Waals surface area contributed by atoms with Crippen LogP contribution in [0.2, 0.25) is 0 Å². The Labute approximate surface area is 333 Å². The highest BCUT2D eigenvalue weighted by Gasteiger charge is 2.32. The summed E-state index contributed by atoms with van der Waals surface area (Å²) in [4.78, 5) is 61.0. The van der Waals surface area contributed by atoms with Gasteiger partial charge in [-0.1, -0.05) is 79.1 Å². The van der Waals surface area contributed by atoms with Crippen LogP contribution in [0.5, 0.6) is 0 Å². The zero-order valence-electron chi connectivity index (χ0n) is 35.1. The van der Waals surface area contributed by atoms with Gasteiger partial charge in [0.1, 0.15) is 12.2 Å². The Morgan fingerprint density at radius 3 is 1.27 bits per heavy atom. The third-order valence-electron chi connectivity index (χ3n) is 11.9. The van der Waals surface area contributed by atoms with Gasteiger partial charge in [-0.25, -0.2) is 9.59 Å². The highest BCUT2D eigenvalue weighted by atomic mass is 16.6. The van der Waals surface area contributed by atoms with Crippen LogP contribution in [-0.4, -0.2) is 74.8 Å². The minimum atomic E-state index is -0.303. The Hall–Kier alpha value is -3.05. The van der Waals surface area contributed by atoms with Gasteiger partial charge in [0.2, 0.25) is 17.7 Å². The Balaban J connectivity index is 1.35. The van der Waals surface area contributed by atoms with Crippen molar-refractivity contribution < 1.29 is 33.4 Å². The number of rotatable bonds is 30. The molecule has 5 amide bonds. The molecule has 0 saturated heterocycles. The highest BCUT2D eigenvalue weighted by molar-refractivity contribution is 5.85. The third kappa shape index (κ3) is 22.3. The Morgan fingerprint density at radius 1 is 0.473 bits per heavy atom. The largest absolute Gasteiger partial charge is 0.446 e. The van der Waals surface area contributed by atoms with Gasteiger partial charge in [0.15, 0.2) is 0 Å². The average Bonchev–Trinajstić information content (AvgIpc) is 3.81. The first-order chi connectivity index (χ1) is 26.7. The predicted octanol–water partition coefficient (Wildman–Crippen LogP) is 8.07. The van der Waals surface area contributed by atoms with E-state index in [0.717, 1.165) is 103 Å². The lowest BCUT2D eigenvalue weighted by atomic mass is 9.88. The van der Waals surface area contributed by atoms with Crippen molar-refractivity contribution in [3.63, 3.8) is 0 Å². The summed E-state index contributed by atoms with van der Waals surface area (Å²) in [6.07, 6.45) is 21.1. The molecule has 2 aliphatic rings. The molecule has 2 rings (SSSR count). The number of carbonyl (C=O) groups excluding carboxylic acids is 5. The van der Waals surface area contributed by atoms with Crippen LogP contribution in [0.15, 0.2) is 0 Å². The molecule has 0 heterocycles. The van der Waals surface area contributed by atoms with Gasteiger partial charge in [-0.2, -0.15) is 0 Å². The number of unbranched alkanes of at least 4 members (excludes halogenated alkanes) is 6. The highest BCUT2D eigenvalue weighted by Crippen LogP contribution is 2.36. The summed E-state index contributed by atoms with van der Waals surface area (Å²) >= 11 is 0. The fraction of sp³-hybridized carbons (Fsp3) is 0.884. The maximum Gasteiger partial charge on any atom is 0.407 e. The lowest BCUT2D eigenvalue weighted by Gasteiger charge is -2.24. The molecule has 0 aromatic rings. The molecule has 0 aromatic heterocycles. The van der Waals surface area contributed by atoms with Crippen LogP contribution < -0.4 is 26.6 Å². The second-order valence-electron chi connectivity index (χ2n) is 16.1. The maximum atomic E-state index is 12.3. The van der Waals surface area contributed by atoms with Crippen LogP contribution in [-0.2, 0) is 23.9 Å². The molecule has 2 saturated carbocycles. The molecule has 0 radical (unpaired) electrons. The number of carbonyl (C=O) groups is 5. The lowest BCUT2D eigenvalue weighted by molar-refractivity contribution is -0.126. The van der Waals surface area contributed by atoms with E-state index >= 15 is 0 Å². The first-order valence-electron chi connectivity index (χ1n) is 22.4. The van der Waals surface area contributed by atoms with Gasteiger partial charge in [-0.05, 0) is 107 Å². The van der Waals surface area contributed by atoms with Gasteiger partial charge in [0, 0.05) is 39.0 Å². The zero-order valence-corrected chi connectivity index (χ0v) is 35.1. The minimum Gasteiger partial charge on any atom is -0.446 e. The van der Waals surface area contributed by atoms with Gasteiger partial charge in [-0.3, -0.25) is 14.4 Å². The summed E-state index contributed by atoms with van der Waals surface area (Å²) in [5.41, 5.74) is 0. The van der Waals surface area contributed by atoms with Crippen LogP contribution >= 0.6 is 0 Å². The summed E-state index contributed by atoms with van der Waals surface area (Å²) < 4.78 is 11.5. The Morgan fingerprint density at radius 2 is 0.855 bits per heavy atom. The van der Waals surface area contributed by atoms with E-state index in [9.17, 15) is 24.0 Å². The Bertz CT molecular complexity index is 1080. The van der Waals surface area contributed by atoms with Gasteiger partial charge < -0.3 is 36.1 Å². The zero-order chi connectivity index (χ0) is 40.1. The smallest absolute Gasteiger partial charge is 0.407 e.